The lowest BCUT2D eigenvalue weighted by molar-refractivity contribution is 0.271. The van der Waals surface area contributed by atoms with Crippen LogP contribution in [0.2, 0.25) is 0 Å². The van der Waals surface area contributed by atoms with E-state index in [0.717, 1.165) is 37.7 Å². The first-order chi connectivity index (χ1) is 11.2. The molecular weight excluding hydrogens is 415 g/mol. The third-order valence-electron chi connectivity index (χ3n) is 3.69. The second kappa shape index (κ2) is 14.5. The molecule has 0 saturated heterocycles. The zero-order valence-electron chi connectivity index (χ0n) is 15.7. The number of guanidine groups is 1. The molecule has 2 N–H and O–H groups in total. The summed E-state index contributed by atoms with van der Waals surface area (Å²) in [4.78, 5) is 7.17. The maximum atomic E-state index is 4.63. The standard InChI is InChI=1S/C17H34N6.HI/c1-5-12-23(13-6-2)14-8-10-19-17(18-7-3)20-15-16-9-11-21-22(16)4;/h9,11H,5-8,10,12-15H2,1-4H3,(H2,18,19,20);1H. The Morgan fingerprint density at radius 2 is 1.88 bits per heavy atom. The fourth-order valence-electron chi connectivity index (χ4n) is 2.54. The maximum Gasteiger partial charge on any atom is 0.191 e. The molecule has 0 amide bonds. The summed E-state index contributed by atoms with van der Waals surface area (Å²) in [6.45, 7) is 12.6. The molecule has 0 aliphatic heterocycles. The summed E-state index contributed by atoms with van der Waals surface area (Å²) in [6, 6.07) is 2.00. The van der Waals surface area contributed by atoms with Crippen molar-refractivity contribution in [3.8, 4) is 0 Å². The van der Waals surface area contributed by atoms with Gasteiger partial charge in [0.05, 0.1) is 12.2 Å². The van der Waals surface area contributed by atoms with E-state index < -0.39 is 0 Å². The summed E-state index contributed by atoms with van der Waals surface area (Å²) >= 11 is 0. The Morgan fingerprint density at radius 1 is 1.17 bits per heavy atom. The van der Waals surface area contributed by atoms with Gasteiger partial charge in [0.25, 0.3) is 0 Å². The van der Waals surface area contributed by atoms with Gasteiger partial charge in [-0.25, -0.2) is 4.99 Å². The molecule has 0 radical (unpaired) electrons. The van der Waals surface area contributed by atoms with E-state index in [4.69, 9.17) is 0 Å². The van der Waals surface area contributed by atoms with Crippen LogP contribution in [0.3, 0.4) is 0 Å². The van der Waals surface area contributed by atoms with Gasteiger partial charge in [-0.2, -0.15) is 5.10 Å². The Kier molecular flexibility index (Phi) is 14.0. The van der Waals surface area contributed by atoms with Gasteiger partial charge in [0.15, 0.2) is 5.96 Å². The highest BCUT2D eigenvalue weighted by Crippen LogP contribution is 1.98. The lowest BCUT2D eigenvalue weighted by Crippen LogP contribution is -2.39. The molecule has 1 heterocycles. The van der Waals surface area contributed by atoms with Crippen molar-refractivity contribution in [2.24, 2.45) is 12.0 Å². The van der Waals surface area contributed by atoms with Crippen molar-refractivity contribution in [3.63, 3.8) is 0 Å². The Bertz CT molecular complexity index is 440. The summed E-state index contributed by atoms with van der Waals surface area (Å²) in [7, 11) is 1.95. The number of halogens is 1. The van der Waals surface area contributed by atoms with Crippen molar-refractivity contribution < 1.29 is 0 Å². The molecule has 0 aliphatic rings. The molecule has 6 nitrogen and oxygen atoms in total. The van der Waals surface area contributed by atoms with Crippen molar-refractivity contribution >= 4 is 29.9 Å². The van der Waals surface area contributed by atoms with E-state index in [-0.39, 0.29) is 24.0 Å². The fraction of sp³-hybridized carbons (Fsp3) is 0.765. The van der Waals surface area contributed by atoms with Crippen LogP contribution < -0.4 is 10.6 Å². The molecule has 0 saturated carbocycles. The van der Waals surface area contributed by atoms with E-state index in [0.29, 0.717) is 6.54 Å². The predicted molar refractivity (Wildman–Crippen MR) is 113 cm³/mol. The molecule has 0 aliphatic carbocycles. The second-order valence-corrected chi connectivity index (χ2v) is 5.76. The van der Waals surface area contributed by atoms with E-state index in [2.05, 4.69) is 46.4 Å². The van der Waals surface area contributed by atoms with Crippen molar-refractivity contribution in [2.45, 2.75) is 46.6 Å². The molecule has 0 fully saturated rings. The Morgan fingerprint density at radius 3 is 2.42 bits per heavy atom. The third kappa shape index (κ3) is 9.46. The van der Waals surface area contributed by atoms with Crippen LogP contribution >= 0.6 is 24.0 Å². The highest BCUT2D eigenvalue weighted by Gasteiger charge is 2.03. The molecule has 1 aromatic heterocycles. The van der Waals surface area contributed by atoms with E-state index in [9.17, 15) is 0 Å². The molecule has 0 bridgehead atoms. The Labute approximate surface area is 164 Å². The third-order valence-corrected chi connectivity index (χ3v) is 3.69. The summed E-state index contributed by atoms with van der Waals surface area (Å²) in [5.41, 5.74) is 1.11. The first-order valence-corrected chi connectivity index (χ1v) is 8.92. The van der Waals surface area contributed by atoms with Gasteiger partial charge in [0.1, 0.15) is 0 Å². The van der Waals surface area contributed by atoms with Crippen LogP contribution in [0.5, 0.6) is 0 Å². The van der Waals surface area contributed by atoms with Gasteiger partial charge >= 0.3 is 0 Å². The number of nitrogens with one attached hydrogen (secondary N) is 2. The fourth-order valence-corrected chi connectivity index (χ4v) is 2.54. The summed E-state index contributed by atoms with van der Waals surface area (Å²) in [5.74, 6) is 0.881. The quantitative estimate of drug-likeness (QED) is 0.236. The molecule has 1 aromatic rings. The van der Waals surface area contributed by atoms with E-state index in [1.165, 1.54) is 25.9 Å². The van der Waals surface area contributed by atoms with Crippen LogP contribution in [0.25, 0.3) is 0 Å². The van der Waals surface area contributed by atoms with Crippen molar-refractivity contribution in [1.29, 1.82) is 0 Å². The van der Waals surface area contributed by atoms with E-state index in [1.807, 2.05) is 17.8 Å². The van der Waals surface area contributed by atoms with Gasteiger partial charge in [0, 0.05) is 26.3 Å². The van der Waals surface area contributed by atoms with Gasteiger partial charge in [-0.05, 0) is 51.9 Å². The van der Waals surface area contributed by atoms with E-state index >= 15 is 0 Å². The van der Waals surface area contributed by atoms with Crippen molar-refractivity contribution in [2.75, 3.05) is 32.7 Å². The van der Waals surface area contributed by atoms with E-state index in [1.54, 1.807) is 6.20 Å². The first-order valence-electron chi connectivity index (χ1n) is 8.92. The van der Waals surface area contributed by atoms with Crippen LogP contribution in [-0.2, 0) is 13.6 Å². The minimum absolute atomic E-state index is 0. The second-order valence-electron chi connectivity index (χ2n) is 5.76. The van der Waals surface area contributed by atoms with Crippen LogP contribution in [0.15, 0.2) is 17.3 Å². The zero-order chi connectivity index (χ0) is 16.9. The van der Waals surface area contributed by atoms with Gasteiger partial charge in [-0.1, -0.05) is 13.8 Å². The number of rotatable bonds is 11. The van der Waals surface area contributed by atoms with Crippen LogP contribution in [-0.4, -0.2) is 53.4 Å². The molecule has 140 valence electrons. The lowest BCUT2D eigenvalue weighted by Gasteiger charge is -2.21. The Balaban J connectivity index is 0.00000529. The summed E-state index contributed by atoms with van der Waals surface area (Å²) in [5, 5.41) is 10.9. The number of aromatic nitrogens is 2. The molecule has 24 heavy (non-hydrogen) atoms. The number of nitrogens with zero attached hydrogens (tertiary/aromatic N) is 4. The molecule has 1 rings (SSSR count). The van der Waals surface area contributed by atoms with Crippen molar-refractivity contribution in [3.05, 3.63) is 18.0 Å². The summed E-state index contributed by atoms with van der Waals surface area (Å²) in [6.07, 6.45) is 5.39. The normalized spacial score (nSPS) is 11.5. The largest absolute Gasteiger partial charge is 0.357 e. The minimum Gasteiger partial charge on any atom is -0.357 e. The highest BCUT2D eigenvalue weighted by atomic mass is 127. The topological polar surface area (TPSA) is 57.5 Å². The highest BCUT2D eigenvalue weighted by molar-refractivity contribution is 14.0. The van der Waals surface area contributed by atoms with Gasteiger partial charge < -0.3 is 15.5 Å². The molecule has 0 spiro atoms. The number of aryl methyl sites for hydroxylation is 1. The lowest BCUT2D eigenvalue weighted by atomic mass is 10.3. The molecule has 0 atom stereocenters. The molecule has 7 heteroatoms. The van der Waals surface area contributed by atoms with Crippen LogP contribution in [0, 0.1) is 0 Å². The number of hydrogen-bond donors (Lipinski definition) is 2. The van der Waals surface area contributed by atoms with Crippen LogP contribution in [0.4, 0.5) is 0 Å². The van der Waals surface area contributed by atoms with Gasteiger partial charge in [-0.3, -0.25) is 4.68 Å². The minimum atomic E-state index is 0. The first kappa shape index (κ1) is 23.2. The monoisotopic (exact) mass is 450 g/mol. The number of aliphatic imine (C=N–C) groups is 1. The number of hydrogen-bond acceptors (Lipinski definition) is 3. The molecular formula is C17H35IN6. The van der Waals surface area contributed by atoms with Gasteiger partial charge in [0.2, 0.25) is 0 Å². The average Bonchev–Trinajstić information content (AvgIpc) is 2.94. The van der Waals surface area contributed by atoms with Crippen molar-refractivity contribution in [1.82, 2.24) is 25.3 Å². The molecule has 0 aromatic carbocycles. The predicted octanol–water partition coefficient (Wildman–Crippen LogP) is 2.61. The Hall–Kier alpha value is -0.830. The molecule has 0 unspecified atom stereocenters. The smallest absolute Gasteiger partial charge is 0.191 e. The average molecular weight is 450 g/mol. The summed E-state index contributed by atoms with van der Waals surface area (Å²) < 4.78 is 1.86. The van der Waals surface area contributed by atoms with Crippen LogP contribution in [0.1, 0.15) is 45.7 Å². The zero-order valence-corrected chi connectivity index (χ0v) is 18.0. The van der Waals surface area contributed by atoms with Gasteiger partial charge in [-0.15, -0.1) is 24.0 Å². The maximum absolute atomic E-state index is 4.63. The SMILES string of the molecule is CCCN(CCC)CCCNC(=NCc1ccnn1C)NCC.I.